The lowest BCUT2D eigenvalue weighted by Gasteiger charge is -2.21. The Morgan fingerprint density at radius 1 is 1.70 bits per heavy atom. The third-order valence-corrected chi connectivity index (χ3v) is 1.76. The van der Waals surface area contributed by atoms with E-state index in [0.717, 1.165) is 13.0 Å². The van der Waals surface area contributed by atoms with Crippen LogP contribution in [0.5, 0.6) is 0 Å². The van der Waals surface area contributed by atoms with Crippen molar-refractivity contribution in [2.75, 3.05) is 13.1 Å². The summed E-state index contributed by atoms with van der Waals surface area (Å²) in [5.41, 5.74) is 0.729. The van der Waals surface area contributed by atoms with Crippen molar-refractivity contribution in [3.8, 4) is 0 Å². The smallest absolute Gasteiger partial charge is 0.0780 e. The predicted octanol–water partition coefficient (Wildman–Crippen LogP) is 0.677. The van der Waals surface area contributed by atoms with Gasteiger partial charge >= 0.3 is 0 Å². The van der Waals surface area contributed by atoms with Gasteiger partial charge in [-0.15, -0.1) is 0 Å². The summed E-state index contributed by atoms with van der Waals surface area (Å²) in [4.78, 5) is 0. The lowest BCUT2D eigenvalue weighted by molar-refractivity contribution is 0.0634. The Morgan fingerprint density at radius 3 is 3.10 bits per heavy atom. The Labute approximate surface area is 61.9 Å². The van der Waals surface area contributed by atoms with Crippen molar-refractivity contribution in [3.63, 3.8) is 0 Å². The van der Waals surface area contributed by atoms with Crippen LogP contribution in [0, 0.1) is 0 Å². The molecule has 58 valence electrons. The van der Waals surface area contributed by atoms with Crippen LogP contribution in [0.25, 0.3) is 0 Å². The van der Waals surface area contributed by atoms with Gasteiger partial charge in [-0.2, -0.15) is 0 Å². The second kappa shape index (κ2) is 2.72. The van der Waals surface area contributed by atoms with Gasteiger partial charge in [-0.25, -0.2) is 0 Å². The van der Waals surface area contributed by atoms with Crippen LogP contribution < -0.4 is 5.32 Å². The normalized spacial score (nSPS) is 34.9. The Bertz CT molecular complexity index is 149. The van der Waals surface area contributed by atoms with E-state index in [1.54, 1.807) is 0 Å². The van der Waals surface area contributed by atoms with Crippen LogP contribution in [-0.2, 0) is 0 Å². The van der Waals surface area contributed by atoms with Gasteiger partial charge in [0, 0.05) is 13.1 Å². The third kappa shape index (κ3) is 2.12. The van der Waals surface area contributed by atoms with Gasteiger partial charge in [-0.05, 0) is 20.3 Å². The highest BCUT2D eigenvalue weighted by Crippen LogP contribution is 2.16. The van der Waals surface area contributed by atoms with Gasteiger partial charge in [-0.3, -0.25) is 0 Å². The van der Waals surface area contributed by atoms with Gasteiger partial charge in [0.1, 0.15) is 0 Å². The van der Waals surface area contributed by atoms with E-state index in [4.69, 9.17) is 0 Å². The molecule has 0 aromatic rings. The fraction of sp³-hybridized carbons (Fsp3) is 0.750. The molecule has 0 radical (unpaired) electrons. The molecule has 0 saturated heterocycles. The Kier molecular flexibility index (Phi) is 2.11. The quantitative estimate of drug-likeness (QED) is 0.486. The molecular formula is C8H15NO. The third-order valence-electron chi connectivity index (χ3n) is 1.76. The topological polar surface area (TPSA) is 32.3 Å². The summed E-state index contributed by atoms with van der Waals surface area (Å²) in [7, 11) is 0. The van der Waals surface area contributed by atoms with E-state index in [-0.39, 0.29) is 0 Å². The molecule has 0 saturated carbocycles. The second-order valence-electron chi connectivity index (χ2n) is 3.36. The molecule has 0 fully saturated rings. The first kappa shape index (κ1) is 7.76. The number of rotatable bonds is 0. The van der Waals surface area contributed by atoms with Crippen molar-refractivity contribution < 1.29 is 5.11 Å². The van der Waals surface area contributed by atoms with Gasteiger partial charge in [0.25, 0.3) is 0 Å². The van der Waals surface area contributed by atoms with Gasteiger partial charge < -0.3 is 10.4 Å². The summed E-state index contributed by atoms with van der Waals surface area (Å²) >= 11 is 0. The highest BCUT2D eigenvalue weighted by molar-refractivity contribution is 5.06. The van der Waals surface area contributed by atoms with Crippen LogP contribution in [-0.4, -0.2) is 23.8 Å². The number of nitrogens with one attached hydrogen (secondary N) is 1. The average Bonchev–Trinajstić information content (AvgIpc) is 1.90. The summed E-state index contributed by atoms with van der Waals surface area (Å²) < 4.78 is 0. The lowest BCUT2D eigenvalue weighted by atomic mass is 9.99. The summed E-state index contributed by atoms with van der Waals surface area (Å²) in [6.45, 7) is 5.51. The first-order valence-electron chi connectivity index (χ1n) is 3.69. The predicted molar refractivity (Wildman–Crippen MR) is 41.9 cm³/mol. The molecule has 0 bridgehead atoms. The second-order valence-corrected chi connectivity index (χ2v) is 3.36. The van der Waals surface area contributed by atoms with Crippen molar-refractivity contribution in [3.05, 3.63) is 11.6 Å². The van der Waals surface area contributed by atoms with Crippen molar-refractivity contribution in [1.82, 2.24) is 5.32 Å². The minimum Gasteiger partial charge on any atom is -0.389 e. The lowest BCUT2D eigenvalue weighted by Crippen LogP contribution is -2.36. The molecule has 0 aromatic heterocycles. The summed E-state index contributed by atoms with van der Waals surface area (Å²) in [5, 5.41) is 12.8. The Hall–Kier alpha value is -0.340. The van der Waals surface area contributed by atoms with Crippen LogP contribution in [0.1, 0.15) is 20.3 Å². The highest BCUT2D eigenvalue weighted by atomic mass is 16.3. The molecule has 1 atom stereocenters. The van der Waals surface area contributed by atoms with Crippen LogP contribution in [0.3, 0.4) is 0 Å². The molecule has 1 rings (SSSR count). The molecule has 2 N–H and O–H groups in total. The number of hydrogen-bond donors (Lipinski definition) is 2. The van der Waals surface area contributed by atoms with E-state index < -0.39 is 5.60 Å². The van der Waals surface area contributed by atoms with Crippen LogP contribution in [0.15, 0.2) is 11.6 Å². The molecule has 10 heavy (non-hydrogen) atoms. The van der Waals surface area contributed by atoms with Crippen LogP contribution >= 0.6 is 0 Å². The standard InChI is InChI=1S/C8H15NO/c1-7-3-4-9-6-8(2,10)5-7/h3,9-10H,4-6H2,1-2H3/t8-/m0/s1. The van der Waals surface area contributed by atoms with Crippen LogP contribution in [0.2, 0.25) is 0 Å². The zero-order valence-electron chi connectivity index (χ0n) is 6.65. The van der Waals surface area contributed by atoms with E-state index in [1.165, 1.54) is 5.57 Å². The molecule has 0 spiro atoms. The van der Waals surface area contributed by atoms with Crippen molar-refractivity contribution in [1.29, 1.82) is 0 Å². The van der Waals surface area contributed by atoms with E-state index in [2.05, 4.69) is 18.3 Å². The van der Waals surface area contributed by atoms with E-state index in [0.29, 0.717) is 6.54 Å². The van der Waals surface area contributed by atoms with Gasteiger partial charge in [-0.1, -0.05) is 11.6 Å². The first-order valence-corrected chi connectivity index (χ1v) is 3.69. The van der Waals surface area contributed by atoms with E-state index >= 15 is 0 Å². The molecular weight excluding hydrogens is 126 g/mol. The zero-order chi connectivity index (χ0) is 7.61. The molecule has 0 aliphatic carbocycles. The minimum absolute atomic E-state index is 0.545. The van der Waals surface area contributed by atoms with E-state index in [1.807, 2.05) is 6.92 Å². The zero-order valence-corrected chi connectivity index (χ0v) is 6.65. The SMILES string of the molecule is CC1=CCNC[C@@](C)(O)C1. The average molecular weight is 141 g/mol. The summed E-state index contributed by atoms with van der Waals surface area (Å²) in [5.74, 6) is 0. The Balaban J connectivity index is 2.60. The largest absolute Gasteiger partial charge is 0.389 e. The maximum absolute atomic E-state index is 9.62. The van der Waals surface area contributed by atoms with Crippen LogP contribution in [0.4, 0.5) is 0 Å². The number of hydrogen-bond acceptors (Lipinski definition) is 2. The molecule has 1 aliphatic heterocycles. The molecule has 1 aliphatic rings. The van der Waals surface area contributed by atoms with Crippen molar-refractivity contribution >= 4 is 0 Å². The number of aliphatic hydroxyl groups is 1. The number of β-amino-alcohol motifs (C(OH)–C–C–N with tert-alkyl or cyclic N) is 1. The van der Waals surface area contributed by atoms with Crippen molar-refractivity contribution in [2.24, 2.45) is 0 Å². The Morgan fingerprint density at radius 2 is 2.40 bits per heavy atom. The van der Waals surface area contributed by atoms with Crippen molar-refractivity contribution in [2.45, 2.75) is 25.9 Å². The monoisotopic (exact) mass is 141 g/mol. The highest BCUT2D eigenvalue weighted by Gasteiger charge is 2.21. The van der Waals surface area contributed by atoms with Gasteiger partial charge in [0.15, 0.2) is 0 Å². The first-order chi connectivity index (χ1) is 4.60. The van der Waals surface area contributed by atoms with Gasteiger partial charge in [0.2, 0.25) is 0 Å². The summed E-state index contributed by atoms with van der Waals surface area (Å²) in [6, 6.07) is 0. The molecule has 0 amide bonds. The maximum Gasteiger partial charge on any atom is 0.0780 e. The molecule has 0 unspecified atom stereocenters. The molecule has 2 heteroatoms. The summed E-state index contributed by atoms with van der Waals surface area (Å²) in [6.07, 6.45) is 2.92. The molecule has 2 nitrogen and oxygen atoms in total. The fourth-order valence-corrected chi connectivity index (χ4v) is 1.32. The fourth-order valence-electron chi connectivity index (χ4n) is 1.32. The molecule has 0 aromatic carbocycles. The van der Waals surface area contributed by atoms with E-state index in [9.17, 15) is 5.11 Å². The van der Waals surface area contributed by atoms with Gasteiger partial charge in [0.05, 0.1) is 5.60 Å². The minimum atomic E-state index is -0.545. The molecule has 1 heterocycles. The maximum atomic E-state index is 9.62.